The lowest BCUT2D eigenvalue weighted by Crippen LogP contribution is -2.20. The highest BCUT2D eigenvalue weighted by Gasteiger charge is 2.20. The summed E-state index contributed by atoms with van der Waals surface area (Å²) in [6.45, 7) is 4.13. The highest BCUT2D eigenvalue weighted by atomic mass is 32.2. The van der Waals surface area contributed by atoms with E-state index in [9.17, 15) is 0 Å². The van der Waals surface area contributed by atoms with Gasteiger partial charge in [-0.2, -0.15) is 4.52 Å². The first kappa shape index (κ1) is 16.2. The van der Waals surface area contributed by atoms with Crippen molar-refractivity contribution in [1.29, 1.82) is 0 Å². The molecular formula is C15H19N5OS2. The number of fused-ring (bicyclic) bond motifs is 1. The standard InChI is InChI=1S/C15H19N5OS2/c1-9(2)12(16)13-17-18-14-20(13)19-15(23-14)22-8-10-5-4-6-11(7-10)21-3/h4-7,9,12H,8,16H2,1-3H3. The maximum absolute atomic E-state index is 6.18. The zero-order valence-electron chi connectivity index (χ0n) is 13.3. The molecule has 0 saturated carbocycles. The van der Waals surface area contributed by atoms with Crippen molar-refractivity contribution in [1.82, 2.24) is 19.8 Å². The molecule has 0 fully saturated rings. The Bertz CT molecular complexity index is 798. The minimum Gasteiger partial charge on any atom is -0.497 e. The van der Waals surface area contributed by atoms with E-state index in [4.69, 9.17) is 10.5 Å². The quantitative estimate of drug-likeness (QED) is 0.689. The van der Waals surface area contributed by atoms with Crippen molar-refractivity contribution in [2.75, 3.05) is 7.11 Å². The summed E-state index contributed by atoms with van der Waals surface area (Å²) >= 11 is 3.21. The number of methoxy groups -OCH3 is 1. The summed E-state index contributed by atoms with van der Waals surface area (Å²) in [5.74, 6) is 2.70. The SMILES string of the molecule is COc1cccc(CSc2nn3c(C(N)C(C)C)nnc3s2)c1. The minimum absolute atomic E-state index is 0.164. The summed E-state index contributed by atoms with van der Waals surface area (Å²) in [6, 6.07) is 7.89. The molecule has 0 bridgehead atoms. The number of hydrogen-bond acceptors (Lipinski definition) is 7. The molecule has 0 aliphatic heterocycles. The van der Waals surface area contributed by atoms with Crippen molar-refractivity contribution in [3.63, 3.8) is 0 Å². The predicted molar refractivity (Wildman–Crippen MR) is 93.0 cm³/mol. The minimum atomic E-state index is -0.164. The van der Waals surface area contributed by atoms with Gasteiger partial charge in [0.1, 0.15) is 5.75 Å². The van der Waals surface area contributed by atoms with Crippen LogP contribution in [-0.2, 0) is 5.75 Å². The van der Waals surface area contributed by atoms with Gasteiger partial charge in [-0.05, 0) is 23.6 Å². The Kier molecular flexibility index (Phi) is 4.84. The van der Waals surface area contributed by atoms with Gasteiger partial charge in [-0.15, -0.1) is 15.3 Å². The molecule has 1 unspecified atom stereocenters. The van der Waals surface area contributed by atoms with Gasteiger partial charge < -0.3 is 10.5 Å². The van der Waals surface area contributed by atoms with Crippen LogP contribution < -0.4 is 10.5 Å². The number of ether oxygens (including phenoxy) is 1. The summed E-state index contributed by atoms with van der Waals surface area (Å²) in [5.41, 5.74) is 7.37. The molecule has 3 rings (SSSR count). The van der Waals surface area contributed by atoms with E-state index in [1.807, 2.05) is 18.2 Å². The summed E-state index contributed by atoms with van der Waals surface area (Å²) in [7, 11) is 1.68. The van der Waals surface area contributed by atoms with Gasteiger partial charge in [0.25, 0.3) is 0 Å². The average molecular weight is 349 g/mol. The lowest BCUT2D eigenvalue weighted by Gasteiger charge is -2.11. The number of hydrogen-bond donors (Lipinski definition) is 1. The van der Waals surface area contributed by atoms with Gasteiger partial charge in [0.05, 0.1) is 13.2 Å². The van der Waals surface area contributed by atoms with E-state index in [0.717, 1.165) is 26.6 Å². The van der Waals surface area contributed by atoms with Crippen molar-refractivity contribution in [2.24, 2.45) is 11.7 Å². The van der Waals surface area contributed by atoms with E-state index in [1.165, 1.54) is 16.9 Å². The molecule has 2 heterocycles. The van der Waals surface area contributed by atoms with E-state index in [0.29, 0.717) is 0 Å². The van der Waals surface area contributed by atoms with Crippen molar-refractivity contribution in [3.8, 4) is 5.75 Å². The maximum atomic E-state index is 6.18. The number of rotatable bonds is 6. The van der Waals surface area contributed by atoms with E-state index in [-0.39, 0.29) is 12.0 Å². The van der Waals surface area contributed by atoms with E-state index in [1.54, 1.807) is 23.4 Å². The van der Waals surface area contributed by atoms with Crippen LogP contribution in [0.1, 0.15) is 31.3 Å². The Morgan fingerprint density at radius 3 is 2.91 bits per heavy atom. The number of nitrogens with zero attached hydrogens (tertiary/aromatic N) is 4. The molecule has 3 aromatic rings. The monoisotopic (exact) mass is 349 g/mol. The summed E-state index contributed by atoms with van der Waals surface area (Å²) < 4.78 is 7.97. The molecule has 0 saturated heterocycles. The van der Waals surface area contributed by atoms with E-state index < -0.39 is 0 Å². The molecule has 1 atom stereocenters. The van der Waals surface area contributed by atoms with Crippen LogP contribution in [0.2, 0.25) is 0 Å². The number of thioether (sulfide) groups is 1. The van der Waals surface area contributed by atoms with Gasteiger partial charge in [-0.25, -0.2) is 0 Å². The Morgan fingerprint density at radius 2 is 2.17 bits per heavy atom. The molecule has 1 aromatic carbocycles. The zero-order chi connectivity index (χ0) is 16.4. The smallest absolute Gasteiger partial charge is 0.235 e. The predicted octanol–water partition coefficient (Wildman–Crippen LogP) is 3.14. The molecule has 0 amide bonds. The van der Waals surface area contributed by atoms with Crippen LogP contribution >= 0.6 is 23.1 Å². The van der Waals surface area contributed by atoms with Gasteiger partial charge in [-0.3, -0.25) is 0 Å². The van der Waals surface area contributed by atoms with Gasteiger partial charge in [0.2, 0.25) is 4.96 Å². The maximum Gasteiger partial charge on any atom is 0.235 e. The Labute approximate surface area is 143 Å². The molecule has 23 heavy (non-hydrogen) atoms. The Hall–Kier alpha value is -1.64. The van der Waals surface area contributed by atoms with Gasteiger partial charge in [0, 0.05) is 5.75 Å². The van der Waals surface area contributed by atoms with Crippen molar-refractivity contribution >= 4 is 28.1 Å². The van der Waals surface area contributed by atoms with Crippen LogP contribution in [0.15, 0.2) is 28.6 Å². The van der Waals surface area contributed by atoms with Gasteiger partial charge >= 0.3 is 0 Å². The highest BCUT2D eigenvalue weighted by Crippen LogP contribution is 2.29. The first-order chi connectivity index (χ1) is 11.1. The molecule has 2 aromatic heterocycles. The first-order valence-electron chi connectivity index (χ1n) is 7.32. The fourth-order valence-electron chi connectivity index (χ4n) is 2.09. The third-order valence-corrected chi connectivity index (χ3v) is 5.61. The average Bonchev–Trinajstić information content (AvgIpc) is 3.12. The second-order valence-corrected chi connectivity index (χ2v) is 7.71. The summed E-state index contributed by atoms with van der Waals surface area (Å²) in [5, 5.41) is 12.9. The number of benzene rings is 1. The topological polar surface area (TPSA) is 78.3 Å². The fraction of sp³-hybridized carbons (Fsp3) is 0.400. The van der Waals surface area contributed by atoms with E-state index in [2.05, 4.69) is 35.2 Å². The van der Waals surface area contributed by atoms with Crippen LogP contribution in [0.25, 0.3) is 4.96 Å². The molecule has 6 nitrogen and oxygen atoms in total. The fourth-order valence-corrected chi connectivity index (χ4v) is 3.91. The Morgan fingerprint density at radius 1 is 1.35 bits per heavy atom. The summed E-state index contributed by atoms with van der Waals surface area (Å²) in [6.07, 6.45) is 0. The molecule has 8 heteroatoms. The molecule has 0 radical (unpaired) electrons. The summed E-state index contributed by atoms with van der Waals surface area (Å²) in [4.78, 5) is 0.782. The highest BCUT2D eigenvalue weighted by molar-refractivity contribution is 8.00. The van der Waals surface area contributed by atoms with E-state index >= 15 is 0 Å². The lowest BCUT2D eigenvalue weighted by molar-refractivity contribution is 0.414. The van der Waals surface area contributed by atoms with Crippen LogP contribution in [0.5, 0.6) is 5.75 Å². The second kappa shape index (κ2) is 6.86. The van der Waals surface area contributed by atoms with Crippen LogP contribution in [0.3, 0.4) is 0 Å². The van der Waals surface area contributed by atoms with Crippen LogP contribution in [-0.4, -0.2) is 26.9 Å². The molecule has 2 N–H and O–H groups in total. The second-order valence-electron chi connectivity index (χ2n) is 5.53. The van der Waals surface area contributed by atoms with Crippen LogP contribution in [0, 0.1) is 5.92 Å². The molecule has 0 spiro atoms. The molecule has 0 aliphatic rings. The normalized spacial score (nSPS) is 12.9. The molecule has 122 valence electrons. The van der Waals surface area contributed by atoms with Gasteiger partial charge in [-0.1, -0.05) is 49.1 Å². The number of nitrogens with two attached hydrogens (primary N) is 1. The number of aromatic nitrogens is 4. The molecule has 0 aliphatic carbocycles. The van der Waals surface area contributed by atoms with Crippen LogP contribution in [0.4, 0.5) is 0 Å². The largest absolute Gasteiger partial charge is 0.497 e. The van der Waals surface area contributed by atoms with Crippen molar-refractivity contribution < 1.29 is 4.74 Å². The van der Waals surface area contributed by atoms with Gasteiger partial charge in [0.15, 0.2) is 10.2 Å². The third-order valence-electron chi connectivity index (χ3n) is 3.51. The lowest BCUT2D eigenvalue weighted by atomic mass is 10.1. The zero-order valence-corrected chi connectivity index (χ0v) is 14.9. The third kappa shape index (κ3) is 3.49. The first-order valence-corrected chi connectivity index (χ1v) is 9.12. The van der Waals surface area contributed by atoms with Crippen molar-refractivity contribution in [3.05, 3.63) is 35.7 Å². The molecular weight excluding hydrogens is 330 g/mol. The Balaban J connectivity index is 1.76. The van der Waals surface area contributed by atoms with Crippen molar-refractivity contribution in [2.45, 2.75) is 30.0 Å².